The van der Waals surface area contributed by atoms with Crippen molar-refractivity contribution in [3.05, 3.63) is 0 Å². The number of likely N-dealkylation sites (tertiary alicyclic amines) is 1. The minimum atomic E-state index is -0.248. The van der Waals surface area contributed by atoms with E-state index in [1.165, 1.54) is 38.8 Å². The molecule has 1 heterocycles. The number of nitrogens with one attached hydrogen (secondary N) is 1. The van der Waals surface area contributed by atoms with Gasteiger partial charge in [0.15, 0.2) is 0 Å². The molecule has 1 N–H and O–H groups in total. The van der Waals surface area contributed by atoms with Crippen LogP contribution in [-0.4, -0.2) is 61.7 Å². The summed E-state index contributed by atoms with van der Waals surface area (Å²) in [6.07, 6.45) is 7.16. The van der Waals surface area contributed by atoms with E-state index in [9.17, 15) is 5.26 Å². The van der Waals surface area contributed by atoms with Crippen molar-refractivity contribution in [1.29, 1.82) is 5.26 Å². The third-order valence-electron chi connectivity index (χ3n) is 5.65. The highest BCUT2D eigenvalue weighted by Gasteiger charge is 2.42. The Morgan fingerprint density at radius 3 is 2.67 bits per heavy atom. The maximum Gasteiger partial charge on any atom is 0.109 e. The summed E-state index contributed by atoms with van der Waals surface area (Å²) in [5.74, 6) is 0.524. The molecule has 120 valence electrons. The van der Waals surface area contributed by atoms with E-state index in [0.717, 1.165) is 32.0 Å². The lowest BCUT2D eigenvalue weighted by Crippen LogP contribution is -2.48. The predicted molar refractivity (Wildman–Crippen MR) is 87.1 cm³/mol. The number of hydrogen-bond acceptors (Lipinski definition) is 4. The van der Waals surface area contributed by atoms with Gasteiger partial charge in [-0.3, -0.25) is 5.32 Å². The first-order valence-electron chi connectivity index (χ1n) is 8.66. The number of hydrogen-bond donors (Lipinski definition) is 1. The molecule has 1 saturated heterocycles. The molecular weight excluding hydrogens is 260 g/mol. The van der Waals surface area contributed by atoms with Crippen LogP contribution in [0.1, 0.15) is 45.4 Å². The van der Waals surface area contributed by atoms with Gasteiger partial charge in [-0.15, -0.1) is 0 Å². The highest BCUT2D eigenvalue weighted by atomic mass is 15.2. The maximum atomic E-state index is 9.63. The van der Waals surface area contributed by atoms with Crippen molar-refractivity contribution in [2.75, 3.05) is 40.3 Å². The summed E-state index contributed by atoms with van der Waals surface area (Å²) in [4.78, 5) is 4.96. The van der Waals surface area contributed by atoms with Crippen LogP contribution in [0.3, 0.4) is 0 Å². The van der Waals surface area contributed by atoms with Gasteiger partial charge in [0.25, 0.3) is 0 Å². The molecule has 2 aliphatic rings. The van der Waals surface area contributed by atoms with Gasteiger partial charge in [-0.1, -0.05) is 13.3 Å². The SMILES string of the molecule is CCNC1(C#N)CCCC1CCN(C)C1CCN(C)CC1. The normalized spacial score (nSPS) is 31.7. The Hall–Kier alpha value is -0.630. The third-order valence-corrected chi connectivity index (χ3v) is 5.65. The van der Waals surface area contributed by atoms with Crippen LogP contribution in [0.4, 0.5) is 0 Å². The highest BCUT2D eigenvalue weighted by molar-refractivity contribution is 5.14. The Balaban J connectivity index is 1.83. The molecule has 21 heavy (non-hydrogen) atoms. The zero-order chi connectivity index (χ0) is 15.3. The first kappa shape index (κ1) is 16.7. The summed E-state index contributed by atoms with van der Waals surface area (Å²) in [5.41, 5.74) is -0.248. The zero-order valence-electron chi connectivity index (χ0n) is 14.1. The Morgan fingerprint density at radius 2 is 2.05 bits per heavy atom. The van der Waals surface area contributed by atoms with Crippen LogP contribution in [-0.2, 0) is 0 Å². The van der Waals surface area contributed by atoms with Gasteiger partial charge in [-0.05, 0) is 78.3 Å². The van der Waals surface area contributed by atoms with Gasteiger partial charge in [0, 0.05) is 6.04 Å². The first-order chi connectivity index (χ1) is 10.1. The molecule has 0 aromatic heterocycles. The Bertz CT molecular complexity index is 356. The van der Waals surface area contributed by atoms with Gasteiger partial charge in [-0.25, -0.2) is 0 Å². The second kappa shape index (κ2) is 7.58. The summed E-state index contributed by atoms with van der Waals surface area (Å²) >= 11 is 0. The minimum absolute atomic E-state index is 0.248. The average Bonchev–Trinajstić information content (AvgIpc) is 2.89. The van der Waals surface area contributed by atoms with Crippen molar-refractivity contribution in [1.82, 2.24) is 15.1 Å². The number of rotatable bonds is 6. The molecule has 2 rings (SSSR count). The fourth-order valence-corrected chi connectivity index (χ4v) is 4.18. The van der Waals surface area contributed by atoms with E-state index in [2.05, 4.69) is 42.2 Å². The molecule has 1 saturated carbocycles. The molecule has 2 fully saturated rings. The van der Waals surface area contributed by atoms with E-state index in [-0.39, 0.29) is 5.54 Å². The van der Waals surface area contributed by atoms with Crippen LogP contribution in [0, 0.1) is 17.2 Å². The first-order valence-corrected chi connectivity index (χ1v) is 8.66. The van der Waals surface area contributed by atoms with Crippen LogP contribution in [0.2, 0.25) is 0 Å². The van der Waals surface area contributed by atoms with Gasteiger partial charge in [-0.2, -0.15) is 5.26 Å². The topological polar surface area (TPSA) is 42.3 Å². The molecular formula is C17H32N4. The lowest BCUT2D eigenvalue weighted by Gasteiger charge is -2.36. The van der Waals surface area contributed by atoms with Crippen LogP contribution in [0.25, 0.3) is 0 Å². The smallest absolute Gasteiger partial charge is 0.109 e. The monoisotopic (exact) mass is 292 g/mol. The molecule has 2 atom stereocenters. The molecule has 0 amide bonds. The quantitative estimate of drug-likeness (QED) is 0.814. The van der Waals surface area contributed by atoms with E-state index in [0.29, 0.717) is 5.92 Å². The Morgan fingerprint density at radius 1 is 1.33 bits per heavy atom. The lowest BCUT2D eigenvalue weighted by molar-refractivity contribution is 0.133. The summed E-state index contributed by atoms with van der Waals surface area (Å²) in [7, 11) is 4.48. The number of nitriles is 1. The van der Waals surface area contributed by atoms with E-state index >= 15 is 0 Å². The van der Waals surface area contributed by atoms with Crippen molar-refractivity contribution in [2.24, 2.45) is 5.92 Å². The molecule has 0 aromatic carbocycles. The van der Waals surface area contributed by atoms with Crippen LogP contribution in [0.5, 0.6) is 0 Å². The van der Waals surface area contributed by atoms with Gasteiger partial charge in [0.2, 0.25) is 0 Å². The van der Waals surface area contributed by atoms with E-state index in [1.54, 1.807) is 0 Å². The second-order valence-corrected chi connectivity index (χ2v) is 7.01. The average molecular weight is 292 g/mol. The summed E-state index contributed by atoms with van der Waals surface area (Å²) in [6.45, 7) is 6.58. The van der Waals surface area contributed by atoms with Gasteiger partial charge < -0.3 is 9.80 Å². The minimum Gasteiger partial charge on any atom is -0.306 e. The predicted octanol–water partition coefficient (Wildman–Crippen LogP) is 2.07. The maximum absolute atomic E-state index is 9.63. The molecule has 4 nitrogen and oxygen atoms in total. The van der Waals surface area contributed by atoms with Crippen molar-refractivity contribution in [2.45, 2.75) is 57.0 Å². The van der Waals surface area contributed by atoms with Crippen LogP contribution >= 0.6 is 0 Å². The molecule has 0 bridgehead atoms. The van der Waals surface area contributed by atoms with Crippen LogP contribution in [0.15, 0.2) is 0 Å². The zero-order valence-corrected chi connectivity index (χ0v) is 14.1. The number of piperidine rings is 1. The molecule has 4 heteroatoms. The van der Waals surface area contributed by atoms with Crippen molar-refractivity contribution < 1.29 is 0 Å². The summed E-state index contributed by atoms with van der Waals surface area (Å²) in [6, 6.07) is 3.34. The van der Waals surface area contributed by atoms with Crippen LogP contribution < -0.4 is 5.32 Å². The van der Waals surface area contributed by atoms with Gasteiger partial charge in [0.1, 0.15) is 5.54 Å². The van der Waals surface area contributed by atoms with Gasteiger partial charge >= 0.3 is 0 Å². The standard InChI is InChI=1S/C17H32N4/c1-4-19-17(14-18)10-5-6-15(17)7-13-21(3)16-8-11-20(2)12-9-16/h15-16,19H,4-13H2,1-3H3. The van der Waals surface area contributed by atoms with Crippen molar-refractivity contribution in [3.63, 3.8) is 0 Å². The van der Waals surface area contributed by atoms with Gasteiger partial charge in [0.05, 0.1) is 6.07 Å². The van der Waals surface area contributed by atoms with Crippen molar-refractivity contribution >= 4 is 0 Å². The highest BCUT2D eigenvalue weighted by Crippen LogP contribution is 2.37. The molecule has 0 aromatic rings. The fraction of sp³-hybridized carbons (Fsp3) is 0.941. The van der Waals surface area contributed by atoms with Crippen molar-refractivity contribution in [3.8, 4) is 6.07 Å². The second-order valence-electron chi connectivity index (χ2n) is 7.01. The molecule has 1 aliphatic heterocycles. The number of nitrogens with zero attached hydrogens (tertiary/aromatic N) is 3. The third kappa shape index (κ3) is 3.97. The summed E-state index contributed by atoms with van der Waals surface area (Å²) in [5, 5.41) is 13.1. The lowest BCUT2D eigenvalue weighted by atomic mass is 9.85. The van der Waals surface area contributed by atoms with E-state index in [4.69, 9.17) is 0 Å². The largest absolute Gasteiger partial charge is 0.306 e. The molecule has 2 unspecified atom stereocenters. The molecule has 0 spiro atoms. The summed E-state index contributed by atoms with van der Waals surface area (Å²) < 4.78 is 0. The van der Waals surface area contributed by atoms with E-state index in [1.807, 2.05) is 0 Å². The van der Waals surface area contributed by atoms with E-state index < -0.39 is 0 Å². The Kier molecular flexibility index (Phi) is 6.04. The Labute approximate surface area is 130 Å². The fourth-order valence-electron chi connectivity index (χ4n) is 4.18. The molecule has 0 radical (unpaired) electrons. The molecule has 1 aliphatic carbocycles.